The first-order chi connectivity index (χ1) is 16.2. The number of benzene rings is 2. The van der Waals surface area contributed by atoms with E-state index in [2.05, 4.69) is 4.57 Å². The van der Waals surface area contributed by atoms with Gasteiger partial charge in [0.2, 0.25) is 5.91 Å². The number of ether oxygens (including phenoxy) is 1. The van der Waals surface area contributed by atoms with Gasteiger partial charge in [-0.25, -0.2) is 0 Å². The smallest absolute Gasteiger partial charge is 0.254 e. The number of amides is 2. The zero-order valence-electron chi connectivity index (χ0n) is 20.0. The number of fused-ring (bicyclic) bond motifs is 1. The highest BCUT2D eigenvalue weighted by Crippen LogP contribution is 2.33. The zero-order valence-corrected chi connectivity index (χ0v) is 20.7. The number of carbonyl (C=O) groups excluding carboxylic acids is 2. The monoisotopic (exact) mass is 479 g/mol. The molecule has 4 rings (SSSR count). The van der Waals surface area contributed by atoms with E-state index in [1.165, 1.54) is 0 Å². The van der Waals surface area contributed by atoms with Gasteiger partial charge >= 0.3 is 0 Å². The molecule has 34 heavy (non-hydrogen) atoms. The van der Waals surface area contributed by atoms with E-state index in [4.69, 9.17) is 16.3 Å². The van der Waals surface area contributed by atoms with Crippen LogP contribution >= 0.6 is 11.6 Å². The molecule has 2 aromatic carbocycles. The number of halogens is 1. The van der Waals surface area contributed by atoms with E-state index < -0.39 is 5.54 Å². The molecule has 0 N–H and O–H groups in total. The Morgan fingerprint density at radius 1 is 1.06 bits per heavy atom. The van der Waals surface area contributed by atoms with Crippen molar-refractivity contribution < 1.29 is 14.3 Å². The van der Waals surface area contributed by atoms with E-state index in [1.54, 1.807) is 36.3 Å². The second-order valence-corrected chi connectivity index (χ2v) is 9.90. The number of nitrogens with zero attached hydrogens (tertiary/aromatic N) is 3. The van der Waals surface area contributed by atoms with Crippen molar-refractivity contribution in [3.05, 3.63) is 88.7 Å². The van der Waals surface area contributed by atoms with E-state index in [1.807, 2.05) is 68.3 Å². The third-order valence-corrected chi connectivity index (χ3v) is 6.46. The molecule has 2 amide bonds. The van der Waals surface area contributed by atoms with Crippen LogP contribution < -0.4 is 4.74 Å². The number of carbonyl (C=O) groups is 2. The lowest BCUT2D eigenvalue weighted by Gasteiger charge is -2.41. The van der Waals surface area contributed by atoms with Crippen LogP contribution in [-0.4, -0.2) is 51.9 Å². The first-order valence-electron chi connectivity index (χ1n) is 11.3. The lowest BCUT2D eigenvalue weighted by atomic mass is 9.99. The quantitative estimate of drug-likeness (QED) is 0.516. The van der Waals surface area contributed by atoms with Gasteiger partial charge in [-0.3, -0.25) is 9.59 Å². The van der Waals surface area contributed by atoms with Crippen molar-refractivity contribution in [2.75, 3.05) is 20.2 Å². The van der Waals surface area contributed by atoms with Crippen LogP contribution in [0.2, 0.25) is 5.02 Å². The minimum atomic E-state index is -0.554. The minimum absolute atomic E-state index is 0.0235. The molecule has 6 nitrogen and oxygen atoms in total. The Morgan fingerprint density at radius 3 is 2.47 bits per heavy atom. The van der Waals surface area contributed by atoms with Gasteiger partial charge in [0.1, 0.15) is 12.3 Å². The Kier molecular flexibility index (Phi) is 6.71. The summed E-state index contributed by atoms with van der Waals surface area (Å²) in [6.07, 6.45) is 2.04. The van der Waals surface area contributed by atoms with E-state index in [-0.39, 0.29) is 24.4 Å². The van der Waals surface area contributed by atoms with Crippen molar-refractivity contribution in [2.24, 2.45) is 0 Å². The number of rotatable bonds is 5. The lowest BCUT2D eigenvalue weighted by Crippen LogP contribution is -2.53. The molecule has 1 aromatic heterocycles. The van der Waals surface area contributed by atoms with E-state index in [0.29, 0.717) is 29.4 Å². The maximum Gasteiger partial charge on any atom is 0.254 e. The van der Waals surface area contributed by atoms with Crippen molar-refractivity contribution in [1.82, 2.24) is 14.4 Å². The van der Waals surface area contributed by atoms with Crippen LogP contribution in [0.4, 0.5) is 0 Å². The third-order valence-electron chi connectivity index (χ3n) is 6.21. The Hall–Kier alpha value is -3.25. The van der Waals surface area contributed by atoms with Crippen molar-refractivity contribution in [3.8, 4) is 5.75 Å². The second kappa shape index (κ2) is 9.55. The van der Waals surface area contributed by atoms with Gasteiger partial charge in [-0.15, -0.1) is 0 Å². The van der Waals surface area contributed by atoms with Crippen LogP contribution in [-0.2, 0) is 11.3 Å². The van der Waals surface area contributed by atoms with Gasteiger partial charge < -0.3 is 19.1 Å². The average molecular weight is 480 g/mol. The van der Waals surface area contributed by atoms with E-state index >= 15 is 0 Å². The largest absolute Gasteiger partial charge is 0.497 e. The highest BCUT2D eigenvalue weighted by molar-refractivity contribution is 6.30. The molecule has 3 aromatic rings. The number of aromatic nitrogens is 1. The van der Waals surface area contributed by atoms with Crippen LogP contribution in [0.25, 0.3) is 0 Å². The molecule has 0 saturated carbocycles. The maximum atomic E-state index is 13.8. The van der Waals surface area contributed by atoms with Crippen LogP contribution in [0.1, 0.15) is 48.4 Å². The van der Waals surface area contributed by atoms with E-state index in [0.717, 1.165) is 11.3 Å². The van der Waals surface area contributed by atoms with Crippen LogP contribution in [0.15, 0.2) is 66.9 Å². The van der Waals surface area contributed by atoms with E-state index in [9.17, 15) is 9.59 Å². The van der Waals surface area contributed by atoms with Crippen LogP contribution in [0, 0.1) is 0 Å². The highest BCUT2D eigenvalue weighted by Gasteiger charge is 2.36. The molecular weight excluding hydrogens is 450 g/mol. The molecule has 1 aliphatic heterocycles. The molecule has 1 aliphatic rings. The second-order valence-electron chi connectivity index (χ2n) is 9.46. The molecular formula is C27H30ClN3O3. The average Bonchev–Trinajstić information content (AvgIpc) is 3.30. The van der Waals surface area contributed by atoms with Gasteiger partial charge in [0.15, 0.2) is 0 Å². The topological polar surface area (TPSA) is 54.8 Å². The summed E-state index contributed by atoms with van der Waals surface area (Å²) in [7, 11) is 1.57. The van der Waals surface area contributed by atoms with Gasteiger partial charge in [-0.1, -0.05) is 29.8 Å². The molecule has 0 unspecified atom stereocenters. The molecule has 0 spiro atoms. The number of hydrogen-bond acceptors (Lipinski definition) is 3. The predicted molar refractivity (Wildman–Crippen MR) is 133 cm³/mol. The van der Waals surface area contributed by atoms with Gasteiger partial charge in [-0.2, -0.15) is 0 Å². The summed E-state index contributed by atoms with van der Waals surface area (Å²) in [6, 6.07) is 18.4. The van der Waals surface area contributed by atoms with Crippen molar-refractivity contribution in [2.45, 2.75) is 38.9 Å². The molecule has 2 heterocycles. The standard InChI is InChI=1S/C27H30ClN3O3/c1-27(2,3)31(26(33)20-7-5-8-22(17-20)34-4)18-24(32)30-16-15-29-14-6-9-23(29)25(30)19-10-12-21(28)13-11-19/h5-14,17,25H,15-16,18H2,1-4H3/t25-/m0/s1. The molecule has 7 heteroatoms. The fourth-order valence-electron chi connectivity index (χ4n) is 4.40. The molecule has 1 atom stereocenters. The number of methoxy groups -OCH3 is 1. The lowest BCUT2D eigenvalue weighted by molar-refractivity contribution is -0.135. The first-order valence-corrected chi connectivity index (χ1v) is 11.7. The van der Waals surface area contributed by atoms with Crippen molar-refractivity contribution >= 4 is 23.4 Å². The summed E-state index contributed by atoms with van der Waals surface area (Å²) in [5.41, 5.74) is 1.97. The van der Waals surface area contributed by atoms with Crippen LogP contribution in [0.3, 0.4) is 0 Å². The Bertz CT molecular complexity index is 1180. The molecule has 0 saturated heterocycles. The molecule has 0 bridgehead atoms. The van der Waals surface area contributed by atoms with Crippen molar-refractivity contribution in [3.63, 3.8) is 0 Å². The summed E-state index contributed by atoms with van der Waals surface area (Å²) in [5.74, 6) is 0.298. The zero-order chi connectivity index (χ0) is 24.5. The van der Waals surface area contributed by atoms with Crippen molar-refractivity contribution in [1.29, 1.82) is 0 Å². The number of hydrogen-bond donors (Lipinski definition) is 0. The van der Waals surface area contributed by atoms with Gasteiger partial charge in [0.25, 0.3) is 5.91 Å². The molecule has 0 fully saturated rings. The fraction of sp³-hybridized carbons (Fsp3) is 0.333. The summed E-state index contributed by atoms with van der Waals surface area (Å²) < 4.78 is 7.46. The summed E-state index contributed by atoms with van der Waals surface area (Å²) in [6.45, 7) is 7.06. The normalized spacial score (nSPS) is 15.6. The summed E-state index contributed by atoms with van der Waals surface area (Å²) >= 11 is 6.12. The Balaban J connectivity index is 1.65. The predicted octanol–water partition coefficient (Wildman–Crippen LogP) is 5.02. The molecule has 0 aliphatic carbocycles. The molecule has 0 radical (unpaired) electrons. The summed E-state index contributed by atoms with van der Waals surface area (Å²) in [5, 5.41) is 0.649. The maximum absolute atomic E-state index is 13.8. The Labute approximate surface area is 205 Å². The van der Waals surface area contributed by atoms with Gasteiger partial charge in [0.05, 0.1) is 13.2 Å². The third kappa shape index (κ3) is 4.82. The molecule has 178 valence electrons. The van der Waals surface area contributed by atoms with Gasteiger partial charge in [-0.05, 0) is 68.8 Å². The minimum Gasteiger partial charge on any atom is -0.497 e. The van der Waals surface area contributed by atoms with Gasteiger partial charge in [0, 0.05) is 41.1 Å². The first kappa shape index (κ1) is 23.9. The highest BCUT2D eigenvalue weighted by atomic mass is 35.5. The SMILES string of the molecule is COc1cccc(C(=O)N(CC(=O)N2CCn3cccc3[C@@H]2c2ccc(Cl)cc2)C(C)(C)C)c1. The summed E-state index contributed by atoms with van der Waals surface area (Å²) in [4.78, 5) is 30.8. The Morgan fingerprint density at radius 2 is 1.79 bits per heavy atom. The fourth-order valence-corrected chi connectivity index (χ4v) is 4.53. The van der Waals surface area contributed by atoms with Crippen LogP contribution in [0.5, 0.6) is 5.75 Å².